The maximum absolute atomic E-state index is 6.48. The standard InChI is InChI=1S/C23H33N3O/c1-17(16-26-23-9-5-2-6-18(23)14-24-26)15-25-19-10-11-20(25)13-22(12-19)27-21-7-3-4-8-21/h2,5-6,9,14,17,19-22H,3-4,7-8,10-13,15-16H2,1H3/t17-,19+,20+/m1/s1. The van der Waals surface area contributed by atoms with Crippen molar-refractivity contribution in [2.75, 3.05) is 6.54 Å². The Hall–Kier alpha value is -1.39. The highest BCUT2D eigenvalue weighted by atomic mass is 16.5. The third kappa shape index (κ3) is 3.66. The van der Waals surface area contributed by atoms with E-state index >= 15 is 0 Å². The summed E-state index contributed by atoms with van der Waals surface area (Å²) in [7, 11) is 0. The molecule has 1 saturated carbocycles. The molecule has 3 aliphatic rings. The molecule has 4 nitrogen and oxygen atoms in total. The minimum absolute atomic E-state index is 0.521. The highest BCUT2D eigenvalue weighted by molar-refractivity contribution is 5.78. The fourth-order valence-corrected chi connectivity index (χ4v) is 5.81. The van der Waals surface area contributed by atoms with Crippen molar-refractivity contribution in [1.82, 2.24) is 14.7 Å². The monoisotopic (exact) mass is 367 g/mol. The lowest BCUT2D eigenvalue weighted by atomic mass is 9.97. The minimum atomic E-state index is 0.521. The molecule has 27 heavy (non-hydrogen) atoms. The number of para-hydroxylation sites is 1. The molecule has 0 N–H and O–H groups in total. The lowest BCUT2D eigenvalue weighted by Crippen LogP contribution is -2.48. The Morgan fingerprint density at radius 2 is 1.74 bits per heavy atom. The van der Waals surface area contributed by atoms with Crippen LogP contribution in [0.2, 0.25) is 0 Å². The van der Waals surface area contributed by atoms with Gasteiger partial charge in [-0.25, -0.2) is 0 Å². The number of rotatable bonds is 6. The fourth-order valence-electron chi connectivity index (χ4n) is 5.81. The van der Waals surface area contributed by atoms with Crippen LogP contribution in [0.25, 0.3) is 10.9 Å². The van der Waals surface area contributed by atoms with Gasteiger partial charge in [-0.15, -0.1) is 0 Å². The molecule has 4 heteroatoms. The second kappa shape index (κ2) is 7.56. The van der Waals surface area contributed by atoms with Crippen molar-refractivity contribution in [3.05, 3.63) is 30.5 Å². The van der Waals surface area contributed by atoms with Crippen LogP contribution < -0.4 is 0 Å². The molecule has 0 unspecified atom stereocenters. The molecule has 3 atom stereocenters. The quantitative estimate of drug-likeness (QED) is 0.746. The molecule has 1 aliphatic carbocycles. The van der Waals surface area contributed by atoms with Gasteiger partial charge in [0.25, 0.3) is 0 Å². The third-order valence-corrected chi connectivity index (χ3v) is 7.09. The van der Waals surface area contributed by atoms with Gasteiger partial charge >= 0.3 is 0 Å². The van der Waals surface area contributed by atoms with Crippen LogP contribution in [0, 0.1) is 5.92 Å². The van der Waals surface area contributed by atoms with Crippen molar-refractivity contribution in [3.63, 3.8) is 0 Å². The minimum Gasteiger partial charge on any atom is -0.375 e. The van der Waals surface area contributed by atoms with Gasteiger partial charge in [-0.1, -0.05) is 38.0 Å². The topological polar surface area (TPSA) is 30.3 Å². The van der Waals surface area contributed by atoms with Crippen molar-refractivity contribution >= 4 is 10.9 Å². The van der Waals surface area contributed by atoms with Crippen LogP contribution in [-0.4, -0.2) is 45.5 Å². The smallest absolute Gasteiger partial charge is 0.0682 e. The zero-order chi connectivity index (χ0) is 18.2. The highest BCUT2D eigenvalue weighted by Gasteiger charge is 2.42. The summed E-state index contributed by atoms with van der Waals surface area (Å²) < 4.78 is 8.67. The molecule has 3 fully saturated rings. The van der Waals surface area contributed by atoms with Crippen LogP contribution in [0.15, 0.2) is 30.5 Å². The van der Waals surface area contributed by atoms with E-state index in [0.717, 1.165) is 18.6 Å². The van der Waals surface area contributed by atoms with Crippen LogP contribution in [0.1, 0.15) is 58.3 Å². The summed E-state index contributed by atoms with van der Waals surface area (Å²) in [6, 6.07) is 10.0. The molecule has 146 valence electrons. The molecule has 2 saturated heterocycles. The molecular weight excluding hydrogens is 334 g/mol. The average molecular weight is 368 g/mol. The van der Waals surface area contributed by atoms with Gasteiger partial charge < -0.3 is 4.74 Å². The first-order valence-electron chi connectivity index (χ1n) is 11.1. The summed E-state index contributed by atoms with van der Waals surface area (Å²) in [6.07, 6.45) is 13.7. The molecular formula is C23H33N3O. The Morgan fingerprint density at radius 1 is 1.00 bits per heavy atom. The van der Waals surface area contributed by atoms with E-state index in [1.54, 1.807) is 0 Å². The summed E-state index contributed by atoms with van der Waals surface area (Å²) in [5.74, 6) is 0.615. The lowest BCUT2D eigenvalue weighted by molar-refractivity contribution is -0.0603. The van der Waals surface area contributed by atoms with Crippen LogP contribution in [0.3, 0.4) is 0 Å². The fraction of sp³-hybridized carbons (Fsp3) is 0.696. The molecule has 1 aromatic carbocycles. The number of hydrogen-bond donors (Lipinski definition) is 0. The van der Waals surface area contributed by atoms with E-state index in [1.807, 2.05) is 6.20 Å². The predicted molar refractivity (Wildman–Crippen MR) is 109 cm³/mol. The number of hydrogen-bond acceptors (Lipinski definition) is 3. The van der Waals surface area contributed by atoms with E-state index in [1.165, 1.54) is 68.8 Å². The lowest BCUT2D eigenvalue weighted by Gasteiger charge is -2.40. The van der Waals surface area contributed by atoms with Gasteiger partial charge in [-0.2, -0.15) is 5.10 Å². The number of ether oxygens (including phenoxy) is 1. The third-order valence-electron chi connectivity index (χ3n) is 7.09. The van der Waals surface area contributed by atoms with Gasteiger partial charge in [0.05, 0.1) is 23.9 Å². The van der Waals surface area contributed by atoms with Gasteiger partial charge in [0.2, 0.25) is 0 Å². The van der Waals surface area contributed by atoms with Crippen LogP contribution in [0.5, 0.6) is 0 Å². The van der Waals surface area contributed by atoms with E-state index < -0.39 is 0 Å². The Bertz CT molecular complexity index is 752. The van der Waals surface area contributed by atoms with Crippen molar-refractivity contribution < 1.29 is 4.74 Å². The van der Waals surface area contributed by atoms with Crippen LogP contribution >= 0.6 is 0 Å². The Kier molecular flexibility index (Phi) is 4.95. The Morgan fingerprint density at radius 3 is 2.52 bits per heavy atom. The Labute approximate surface area is 162 Å². The summed E-state index contributed by atoms with van der Waals surface area (Å²) in [6.45, 7) is 4.59. The van der Waals surface area contributed by atoms with E-state index in [4.69, 9.17) is 4.74 Å². The van der Waals surface area contributed by atoms with Gasteiger partial charge in [0.15, 0.2) is 0 Å². The molecule has 1 aromatic heterocycles. The van der Waals surface area contributed by atoms with Crippen molar-refractivity contribution in [2.24, 2.45) is 5.92 Å². The SMILES string of the molecule is C[C@H](CN1[C@H]2CC[C@H]1CC(OC1CCCC1)C2)Cn1ncc2ccccc21. The van der Waals surface area contributed by atoms with Crippen molar-refractivity contribution in [1.29, 1.82) is 0 Å². The molecule has 2 aliphatic heterocycles. The first-order valence-corrected chi connectivity index (χ1v) is 11.1. The van der Waals surface area contributed by atoms with E-state index in [0.29, 0.717) is 18.1 Å². The van der Waals surface area contributed by atoms with Gasteiger partial charge in [0, 0.05) is 30.6 Å². The number of fused-ring (bicyclic) bond motifs is 3. The molecule has 2 aromatic rings. The summed E-state index contributed by atoms with van der Waals surface area (Å²) in [5.41, 5.74) is 1.26. The number of nitrogens with zero attached hydrogens (tertiary/aromatic N) is 3. The maximum Gasteiger partial charge on any atom is 0.0682 e. The zero-order valence-electron chi connectivity index (χ0n) is 16.6. The molecule has 2 bridgehead atoms. The molecule has 0 radical (unpaired) electrons. The zero-order valence-corrected chi connectivity index (χ0v) is 16.6. The second-order valence-corrected chi connectivity index (χ2v) is 9.21. The molecule has 5 rings (SSSR count). The van der Waals surface area contributed by atoms with Crippen LogP contribution in [0.4, 0.5) is 0 Å². The first kappa shape index (κ1) is 17.7. The molecule has 3 heterocycles. The van der Waals surface area contributed by atoms with Crippen molar-refractivity contribution in [3.8, 4) is 0 Å². The number of aromatic nitrogens is 2. The predicted octanol–water partition coefficient (Wildman–Crippen LogP) is 4.63. The van der Waals surface area contributed by atoms with Crippen molar-refractivity contribution in [2.45, 2.75) is 89.1 Å². The van der Waals surface area contributed by atoms with Crippen LogP contribution in [-0.2, 0) is 11.3 Å². The van der Waals surface area contributed by atoms with E-state index in [9.17, 15) is 0 Å². The number of benzene rings is 1. The van der Waals surface area contributed by atoms with E-state index in [-0.39, 0.29) is 0 Å². The molecule has 0 amide bonds. The summed E-state index contributed by atoms with van der Waals surface area (Å²) in [5, 5.41) is 5.87. The molecule has 0 spiro atoms. The second-order valence-electron chi connectivity index (χ2n) is 9.21. The maximum atomic E-state index is 6.48. The first-order chi connectivity index (χ1) is 13.3. The number of piperidine rings is 1. The highest BCUT2D eigenvalue weighted by Crippen LogP contribution is 2.39. The van der Waals surface area contributed by atoms with Gasteiger partial charge in [-0.3, -0.25) is 9.58 Å². The normalized spacial score (nSPS) is 30.3. The summed E-state index contributed by atoms with van der Waals surface area (Å²) >= 11 is 0. The van der Waals surface area contributed by atoms with Gasteiger partial charge in [0.1, 0.15) is 0 Å². The average Bonchev–Trinajstić information content (AvgIpc) is 3.36. The largest absolute Gasteiger partial charge is 0.375 e. The summed E-state index contributed by atoms with van der Waals surface area (Å²) in [4.78, 5) is 2.81. The van der Waals surface area contributed by atoms with Gasteiger partial charge in [-0.05, 0) is 50.5 Å². The van der Waals surface area contributed by atoms with E-state index in [2.05, 4.69) is 45.9 Å². The Balaban J connectivity index is 1.19.